The van der Waals surface area contributed by atoms with E-state index in [0.29, 0.717) is 12.5 Å². The van der Waals surface area contributed by atoms with Crippen molar-refractivity contribution in [2.75, 3.05) is 19.7 Å². The normalized spacial score (nSPS) is 19.0. The first-order valence-corrected chi connectivity index (χ1v) is 12.3. The van der Waals surface area contributed by atoms with E-state index in [1.807, 2.05) is 43.1 Å². The lowest BCUT2D eigenvalue weighted by Crippen LogP contribution is -2.45. The molecule has 1 amide bonds. The van der Waals surface area contributed by atoms with E-state index < -0.39 is 0 Å². The van der Waals surface area contributed by atoms with Crippen molar-refractivity contribution >= 4 is 16.7 Å². The lowest BCUT2D eigenvalue weighted by atomic mass is 10.0. The molecule has 0 bridgehead atoms. The third-order valence-corrected chi connectivity index (χ3v) is 6.50. The van der Waals surface area contributed by atoms with Crippen molar-refractivity contribution in [3.63, 3.8) is 0 Å². The summed E-state index contributed by atoms with van der Waals surface area (Å²) in [5.41, 5.74) is 2.27. The predicted octanol–water partition coefficient (Wildman–Crippen LogP) is 5.24. The second-order valence-electron chi connectivity index (χ2n) is 9.42. The summed E-state index contributed by atoms with van der Waals surface area (Å²) in [6.45, 7) is 6.17. The van der Waals surface area contributed by atoms with Gasteiger partial charge in [-0.25, -0.2) is 4.98 Å². The summed E-state index contributed by atoms with van der Waals surface area (Å²) in [5, 5.41) is 2.19. The second-order valence-corrected chi connectivity index (χ2v) is 9.42. The van der Waals surface area contributed by atoms with Gasteiger partial charge in [0.25, 0.3) is 5.91 Å². The lowest BCUT2D eigenvalue weighted by Gasteiger charge is -2.33. The van der Waals surface area contributed by atoms with Crippen molar-refractivity contribution in [2.45, 2.75) is 57.8 Å². The number of ether oxygens (including phenoxy) is 3. The Labute approximate surface area is 200 Å². The number of likely N-dealkylation sites (tertiary alicyclic amines) is 1. The van der Waals surface area contributed by atoms with Gasteiger partial charge in [-0.05, 0) is 61.4 Å². The molecule has 2 aliphatic heterocycles. The molecule has 5 rings (SSSR count). The first-order valence-electron chi connectivity index (χ1n) is 12.3. The van der Waals surface area contributed by atoms with Gasteiger partial charge >= 0.3 is 0 Å². The number of pyridine rings is 1. The van der Waals surface area contributed by atoms with E-state index in [-0.39, 0.29) is 24.2 Å². The van der Waals surface area contributed by atoms with E-state index in [1.54, 1.807) is 0 Å². The topological polar surface area (TPSA) is 60.9 Å². The van der Waals surface area contributed by atoms with Crippen LogP contribution in [0.15, 0.2) is 54.7 Å². The molecule has 0 N–H and O–H groups in total. The number of carbonyl (C=O) groups is 1. The summed E-state index contributed by atoms with van der Waals surface area (Å²) in [6, 6.07) is 16.6. The Kier molecular flexibility index (Phi) is 6.68. The number of aromatic nitrogens is 1. The third kappa shape index (κ3) is 5.17. The Bertz CT molecular complexity index is 1130. The van der Waals surface area contributed by atoms with Gasteiger partial charge in [0, 0.05) is 50.2 Å². The lowest BCUT2D eigenvalue weighted by molar-refractivity contribution is -0.142. The maximum absolute atomic E-state index is 12.5. The maximum Gasteiger partial charge on any atom is 0.251 e. The Morgan fingerprint density at radius 3 is 2.47 bits per heavy atom. The van der Waals surface area contributed by atoms with Crippen molar-refractivity contribution in [3.8, 4) is 22.8 Å². The molecule has 2 aromatic carbocycles. The van der Waals surface area contributed by atoms with Gasteiger partial charge in [0.15, 0.2) is 0 Å². The van der Waals surface area contributed by atoms with Crippen LogP contribution in [0.25, 0.3) is 21.9 Å². The van der Waals surface area contributed by atoms with Crippen LogP contribution in [0.4, 0.5) is 0 Å². The summed E-state index contributed by atoms with van der Waals surface area (Å²) in [7, 11) is 0. The van der Waals surface area contributed by atoms with Crippen molar-refractivity contribution in [1.29, 1.82) is 0 Å². The summed E-state index contributed by atoms with van der Waals surface area (Å²) in [5.74, 6) is 1.66. The number of carbonyl (C=O) groups excluding carboxylic acids is 1. The molecule has 0 saturated carbocycles. The zero-order valence-corrected chi connectivity index (χ0v) is 19.9. The van der Waals surface area contributed by atoms with E-state index in [4.69, 9.17) is 14.2 Å². The smallest absolute Gasteiger partial charge is 0.251 e. The highest BCUT2D eigenvalue weighted by Gasteiger charge is 2.31. The Balaban J connectivity index is 1.20. The highest BCUT2D eigenvalue weighted by molar-refractivity contribution is 5.87. The fourth-order valence-electron chi connectivity index (χ4n) is 4.69. The molecule has 2 aliphatic rings. The van der Waals surface area contributed by atoms with Crippen molar-refractivity contribution in [1.82, 2.24) is 9.88 Å². The molecular formula is C28H32N2O4. The zero-order valence-electron chi connectivity index (χ0n) is 19.9. The van der Waals surface area contributed by atoms with Gasteiger partial charge < -0.3 is 19.1 Å². The van der Waals surface area contributed by atoms with Crippen LogP contribution < -0.4 is 9.47 Å². The number of benzene rings is 2. The fourth-order valence-corrected chi connectivity index (χ4v) is 4.69. The first-order chi connectivity index (χ1) is 16.5. The molecule has 6 nitrogen and oxygen atoms in total. The monoisotopic (exact) mass is 460 g/mol. The fraction of sp³-hybridized carbons (Fsp3) is 0.429. The number of rotatable bonds is 6. The number of hydrogen-bond acceptors (Lipinski definition) is 5. The van der Waals surface area contributed by atoms with Gasteiger partial charge in [-0.2, -0.15) is 0 Å². The van der Waals surface area contributed by atoms with E-state index in [9.17, 15) is 4.79 Å². The van der Waals surface area contributed by atoms with Gasteiger partial charge in [0.1, 0.15) is 18.0 Å². The maximum atomic E-state index is 12.5. The van der Waals surface area contributed by atoms with Crippen LogP contribution in [0.3, 0.4) is 0 Å². The molecule has 0 radical (unpaired) electrons. The number of fused-ring (bicyclic) bond motifs is 1. The van der Waals surface area contributed by atoms with Crippen LogP contribution in [-0.2, 0) is 9.53 Å². The van der Waals surface area contributed by atoms with Crippen LogP contribution in [0.2, 0.25) is 0 Å². The zero-order chi connectivity index (χ0) is 23.5. The van der Waals surface area contributed by atoms with Crippen molar-refractivity contribution in [3.05, 3.63) is 54.7 Å². The molecule has 0 unspecified atom stereocenters. The average Bonchev–Trinajstić information content (AvgIpc) is 3.39. The van der Waals surface area contributed by atoms with Crippen LogP contribution >= 0.6 is 0 Å². The molecular weight excluding hydrogens is 428 g/mol. The molecule has 178 valence electrons. The molecule has 2 saturated heterocycles. The molecule has 3 aromatic rings. The van der Waals surface area contributed by atoms with E-state index >= 15 is 0 Å². The third-order valence-electron chi connectivity index (χ3n) is 6.50. The molecule has 34 heavy (non-hydrogen) atoms. The minimum absolute atomic E-state index is 0.0923. The molecule has 0 aliphatic carbocycles. The molecule has 1 atom stereocenters. The molecule has 0 spiro atoms. The van der Waals surface area contributed by atoms with Crippen LogP contribution in [0.1, 0.15) is 39.5 Å². The number of amides is 1. The second kappa shape index (κ2) is 10.0. The minimum Gasteiger partial charge on any atom is -0.490 e. The molecule has 2 fully saturated rings. The standard InChI is InChI=1S/C28H32N2O4/c1-19(2)33-27-17-23-16-21(5-6-22(23)18-29-27)20-7-9-24(10-8-20)34-25-11-13-30(14-12-25)28(31)26-4-3-15-32-26/h5-10,16-19,25-26H,3-4,11-15H2,1-2H3/t26-/m1/s1. The van der Waals surface area contributed by atoms with Gasteiger partial charge in [0.2, 0.25) is 5.88 Å². The predicted molar refractivity (Wildman–Crippen MR) is 132 cm³/mol. The highest BCUT2D eigenvalue weighted by atomic mass is 16.5. The summed E-state index contributed by atoms with van der Waals surface area (Å²) in [6.07, 6.45) is 5.37. The van der Waals surface area contributed by atoms with Gasteiger partial charge in [-0.1, -0.05) is 24.3 Å². The Hall–Kier alpha value is -3.12. The van der Waals surface area contributed by atoms with Crippen LogP contribution in [-0.4, -0.2) is 53.8 Å². The van der Waals surface area contributed by atoms with Gasteiger partial charge in [-0.3, -0.25) is 4.79 Å². The van der Waals surface area contributed by atoms with E-state index in [2.05, 4.69) is 35.3 Å². The summed E-state index contributed by atoms with van der Waals surface area (Å²) in [4.78, 5) is 18.9. The van der Waals surface area contributed by atoms with E-state index in [0.717, 1.165) is 66.4 Å². The largest absolute Gasteiger partial charge is 0.490 e. The van der Waals surface area contributed by atoms with E-state index in [1.165, 1.54) is 0 Å². The Morgan fingerprint density at radius 1 is 1.00 bits per heavy atom. The number of nitrogens with zero attached hydrogens (tertiary/aromatic N) is 2. The van der Waals surface area contributed by atoms with Crippen molar-refractivity contribution in [2.24, 2.45) is 0 Å². The summed E-state index contributed by atoms with van der Waals surface area (Å²) < 4.78 is 17.5. The number of hydrogen-bond donors (Lipinski definition) is 0. The quantitative estimate of drug-likeness (QED) is 0.504. The molecule has 3 heterocycles. The van der Waals surface area contributed by atoms with Crippen molar-refractivity contribution < 1.29 is 19.0 Å². The van der Waals surface area contributed by atoms with Crippen LogP contribution in [0, 0.1) is 0 Å². The molecule has 6 heteroatoms. The molecule has 1 aromatic heterocycles. The Morgan fingerprint density at radius 2 is 1.76 bits per heavy atom. The average molecular weight is 461 g/mol. The van der Waals surface area contributed by atoms with Crippen LogP contribution in [0.5, 0.6) is 11.6 Å². The summed E-state index contributed by atoms with van der Waals surface area (Å²) >= 11 is 0. The van der Waals surface area contributed by atoms with Gasteiger partial charge in [0.05, 0.1) is 6.10 Å². The SMILES string of the molecule is CC(C)Oc1cc2cc(-c3ccc(OC4CCN(C(=O)[C@H]5CCCO5)CC4)cc3)ccc2cn1. The number of piperidine rings is 1. The minimum atomic E-state index is -0.231. The van der Waals surface area contributed by atoms with Gasteiger partial charge in [-0.15, -0.1) is 0 Å². The first kappa shape index (κ1) is 22.7. The highest BCUT2D eigenvalue weighted by Crippen LogP contribution is 2.29.